The summed E-state index contributed by atoms with van der Waals surface area (Å²) in [6.07, 6.45) is 6.44. The van der Waals surface area contributed by atoms with Crippen molar-refractivity contribution >= 4 is 11.6 Å². The van der Waals surface area contributed by atoms with Gasteiger partial charge in [0.15, 0.2) is 0 Å². The zero-order chi connectivity index (χ0) is 15.6. The number of fused-ring (bicyclic) bond motifs is 2. The number of likely N-dealkylation sites (tertiary alicyclic amines) is 1. The van der Waals surface area contributed by atoms with Crippen molar-refractivity contribution in [1.29, 1.82) is 0 Å². The predicted molar refractivity (Wildman–Crippen MR) is 91.6 cm³/mol. The molecule has 2 aliphatic rings. The molecule has 120 valence electrons. The highest BCUT2D eigenvalue weighted by atomic mass is 15.3. The van der Waals surface area contributed by atoms with Gasteiger partial charge in [-0.05, 0) is 43.7 Å². The molecule has 2 aliphatic heterocycles. The van der Waals surface area contributed by atoms with Crippen LogP contribution in [-0.4, -0.2) is 52.0 Å². The average Bonchev–Trinajstić information content (AvgIpc) is 2.80. The van der Waals surface area contributed by atoms with Crippen molar-refractivity contribution in [2.75, 3.05) is 25.5 Å². The first-order chi connectivity index (χ1) is 11.3. The minimum atomic E-state index is 0.713. The Hall–Kier alpha value is -1.98. The van der Waals surface area contributed by atoms with E-state index in [1.807, 2.05) is 30.5 Å². The molecule has 0 radical (unpaired) electrons. The summed E-state index contributed by atoms with van der Waals surface area (Å²) >= 11 is 0. The van der Waals surface area contributed by atoms with Crippen LogP contribution in [-0.2, 0) is 6.54 Å². The number of anilines is 2. The van der Waals surface area contributed by atoms with Crippen LogP contribution in [0.25, 0.3) is 0 Å². The number of nitrogens with one attached hydrogen (secondary N) is 1. The lowest BCUT2D eigenvalue weighted by Crippen LogP contribution is -2.51. The number of hydrogen-bond acceptors (Lipinski definition) is 5. The van der Waals surface area contributed by atoms with Crippen molar-refractivity contribution in [3.8, 4) is 0 Å². The van der Waals surface area contributed by atoms with E-state index in [1.165, 1.54) is 31.5 Å². The van der Waals surface area contributed by atoms with Crippen LogP contribution in [0, 0.1) is 0 Å². The Morgan fingerprint density at radius 3 is 2.48 bits per heavy atom. The zero-order valence-corrected chi connectivity index (χ0v) is 13.5. The van der Waals surface area contributed by atoms with E-state index in [0.29, 0.717) is 12.1 Å². The number of rotatable bonds is 4. The summed E-state index contributed by atoms with van der Waals surface area (Å²) in [7, 11) is 2.24. The number of pyridine rings is 2. The molecule has 0 aromatic carbocycles. The molecule has 2 bridgehead atoms. The fraction of sp³-hybridized carbons (Fsp3) is 0.444. The summed E-state index contributed by atoms with van der Waals surface area (Å²) in [5.41, 5.74) is 1.29. The van der Waals surface area contributed by atoms with E-state index in [4.69, 9.17) is 0 Å². The maximum Gasteiger partial charge on any atom is 0.131 e. The number of likely N-dealkylation sites (N-methyl/N-ethyl adjacent to an activating group) is 1. The third-order valence-corrected chi connectivity index (χ3v) is 4.93. The fourth-order valence-corrected chi connectivity index (χ4v) is 3.83. The van der Waals surface area contributed by atoms with E-state index < -0.39 is 0 Å². The van der Waals surface area contributed by atoms with Gasteiger partial charge in [-0.15, -0.1) is 0 Å². The van der Waals surface area contributed by atoms with Crippen molar-refractivity contribution in [1.82, 2.24) is 19.8 Å². The Labute approximate surface area is 137 Å². The van der Waals surface area contributed by atoms with Crippen LogP contribution in [0.1, 0.15) is 18.4 Å². The molecule has 4 rings (SSSR count). The predicted octanol–water partition coefficient (Wildman–Crippen LogP) is 2.50. The minimum Gasteiger partial charge on any atom is -0.325 e. The number of aromatic nitrogens is 2. The van der Waals surface area contributed by atoms with Gasteiger partial charge in [0.2, 0.25) is 0 Å². The van der Waals surface area contributed by atoms with Gasteiger partial charge >= 0.3 is 0 Å². The highest BCUT2D eigenvalue weighted by Crippen LogP contribution is 2.31. The molecule has 0 aliphatic carbocycles. The Kier molecular flexibility index (Phi) is 3.97. The van der Waals surface area contributed by atoms with Crippen molar-refractivity contribution in [3.05, 3.63) is 48.3 Å². The zero-order valence-electron chi connectivity index (χ0n) is 13.5. The summed E-state index contributed by atoms with van der Waals surface area (Å²) in [5.74, 6) is 1.67. The number of piperazine rings is 1. The molecule has 2 saturated heterocycles. The van der Waals surface area contributed by atoms with E-state index in [9.17, 15) is 0 Å². The van der Waals surface area contributed by atoms with Crippen molar-refractivity contribution < 1.29 is 0 Å². The average molecular weight is 309 g/mol. The molecule has 0 spiro atoms. The van der Waals surface area contributed by atoms with E-state index >= 15 is 0 Å². The summed E-state index contributed by atoms with van der Waals surface area (Å²) in [4.78, 5) is 13.9. The van der Waals surface area contributed by atoms with Gasteiger partial charge in [-0.25, -0.2) is 9.97 Å². The fourth-order valence-electron chi connectivity index (χ4n) is 3.83. The summed E-state index contributed by atoms with van der Waals surface area (Å²) in [5, 5.41) is 3.23. The van der Waals surface area contributed by atoms with Crippen LogP contribution in [0.15, 0.2) is 42.7 Å². The Morgan fingerprint density at radius 1 is 1.04 bits per heavy atom. The smallest absolute Gasteiger partial charge is 0.131 e. The quantitative estimate of drug-likeness (QED) is 0.940. The van der Waals surface area contributed by atoms with Gasteiger partial charge in [0.1, 0.15) is 11.6 Å². The lowest BCUT2D eigenvalue weighted by molar-refractivity contribution is 0.0759. The molecule has 2 aromatic heterocycles. The second-order valence-electron chi connectivity index (χ2n) is 6.67. The highest BCUT2D eigenvalue weighted by molar-refractivity contribution is 5.51. The summed E-state index contributed by atoms with van der Waals surface area (Å²) in [6.45, 7) is 3.41. The Bertz CT molecular complexity index is 628. The molecule has 4 heterocycles. The molecule has 2 atom stereocenters. The van der Waals surface area contributed by atoms with E-state index in [0.717, 1.165) is 18.2 Å². The van der Waals surface area contributed by atoms with Crippen LogP contribution >= 0.6 is 0 Å². The van der Waals surface area contributed by atoms with E-state index in [-0.39, 0.29) is 0 Å². The van der Waals surface area contributed by atoms with Crippen LogP contribution in [0.3, 0.4) is 0 Å². The maximum atomic E-state index is 4.54. The molecule has 2 unspecified atom stereocenters. The van der Waals surface area contributed by atoms with Crippen LogP contribution in [0.4, 0.5) is 11.6 Å². The van der Waals surface area contributed by atoms with Gasteiger partial charge in [0.05, 0.1) is 0 Å². The normalized spacial score (nSPS) is 24.7. The van der Waals surface area contributed by atoms with Crippen molar-refractivity contribution in [2.24, 2.45) is 0 Å². The number of hydrogen-bond donors (Lipinski definition) is 1. The molecule has 2 fully saturated rings. The van der Waals surface area contributed by atoms with E-state index in [1.54, 1.807) is 6.20 Å². The molecule has 0 saturated carbocycles. The molecule has 5 heteroatoms. The standard InChI is InChI=1S/C18H23N5/c1-22-12-15-6-7-16(13-22)23(15)11-14-5-8-18(20-10-14)21-17-4-2-3-9-19-17/h2-5,8-10,15-16H,6-7,11-13H2,1H3,(H,19,20,21). The van der Waals surface area contributed by atoms with Crippen molar-refractivity contribution in [3.63, 3.8) is 0 Å². The topological polar surface area (TPSA) is 44.3 Å². The minimum absolute atomic E-state index is 0.713. The largest absolute Gasteiger partial charge is 0.325 e. The van der Waals surface area contributed by atoms with Gasteiger partial charge in [-0.1, -0.05) is 12.1 Å². The van der Waals surface area contributed by atoms with Gasteiger partial charge in [0.25, 0.3) is 0 Å². The molecule has 1 N–H and O–H groups in total. The molecular weight excluding hydrogens is 286 g/mol. The van der Waals surface area contributed by atoms with Gasteiger partial charge in [-0.3, -0.25) is 4.90 Å². The monoisotopic (exact) mass is 309 g/mol. The van der Waals surface area contributed by atoms with Gasteiger partial charge < -0.3 is 10.2 Å². The molecule has 5 nitrogen and oxygen atoms in total. The lowest BCUT2D eigenvalue weighted by atomic mass is 10.1. The van der Waals surface area contributed by atoms with Crippen LogP contribution in [0.5, 0.6) is 0 Å². The molecule has 2 aromatic rings. The second-order valence-corrected chi connectivity index (χ2v) is 6.67. The highest BCUT2D eigenvalue weighted by Gasteiger charge is 2.38. The maximum absolute atomic E-state index is 4.54. The molecule has 0 amide bonds. The summed E-state index contributed by atoms with van der Waals surface area (Å²) < 4.78 is 0. The first-order valence-corrected chi connectivity index (χ1v) is 8.35. The Morgan fingerprint density at radius 2 is 1.83 bits per heavy atom. The van der Waals surface area contributed by atoms with Gasteiger partial charge in [-0.2, -0.15) is 0 Å². The van der Waals surface area contributed by atoms with Gasteiger partial charge in [0, 0.05) is 44.1 Å². The van der Waals surface area contributed by atoms with Crippen molar-refractivity contribution in [2.45, 2.75) is 31.5 Å². The SMILES string of the molecule is CN1CC2CCC(C1)N2Cc1ccc(Nc2ccccn2)nc1. The molecule has 23 heavy (non-hydrogen) atoms. The van der Waals surface area contributed by atoms with Crippen LogP contribution < -0.4 is 5.32 Å². The first kappa shape index (κ1) is 14.6. The third-order valence-electron chi connectivity index (χ3n) is 4.93. The second kappa shape index (κ2) is 6.26. The van der Waals surface area contributed by atoms with Crippen LogP contribution in [0.2, 0.25) is 0 Å². The third kappa shape index (κ3) is 3.21. The number of nitrogens with zero attached hydrogens (tertiary/aromatic N) is 4. The lowest BCUT2D eigenvalue weighted by Gasteiger charge is -2.39. The summed E-state index contributed by atoms with van der Waals surface area (Å²) in [6, 6.07) is 11.5. The molecular formula is C18H23N5. The van der Waals surface area contributed by atoms with E-state index in [2.05, 4.69) is 38.2 Å². The first-order valence-electron chi connectivity index (χ1n) is 8.35. The Balaban J connectivity index is 1.41.